The Labute approximate surface area is 214 Å². The van der Waals surface area contributed by atoms with E-state index in [9.17, 15) is 30.3 Å². The van der Waals surface area contributed by atoms with Crippen molar-refractivity contribution < 1.29 is 53.7 Å². The van der Waals surface area contributed by atoms with E-state index in [1.54, 1.807) is 26.1 Å². The smallest absolute Gasteiger partial charge is 0.306 e. The zero-order valence-corrected chi connectivity index (χ0v) is 21.1. The number of aliphatic hydroxyl groups excluding tert-OH is 4. The fourth-order valence-corrected chi connectivity index (χ4v) is 4.30. The molecule has 1 aliphatic heterocycles. The van der Waals surface area contributed by atoms with Crippen LogP contribution in [0.25, 0.3) is 11.0 Å². The number of aliphatic hydroxyl groups is 5. The van der Waals surface area contributed by atoms with Crippen LogP contribution in [0.15, 0.2) is 22.8 Å². The van der Waals surface area contributed by atoms with Gasteiger partial charge >= 0.3 is 5.97 Å². The highest BCUT2D eigenvalue weighted by atomic mass is 16.7. The van der Waals surface area contributed by atoms with Crippen molar-refractivity contribution in [2.24, 2.45) is 0 Å². The summed E-state index contributed by atoms with van der Waals surface area (Å²) < 4.78 is 28.6. The van der Waals surface area contributed by atoms with Crippen molar-refractivity contribution in [3.63, 3.8) is 0 Å². The van der Waals surface area contributed by atoms with Crippen molar-refractivity contribution in [3.8, 4) is 11.5 Å². The number of benzene rings is 1. The number of hydrogen-bond donors (Lipinski definition) is 6. The van der Waals surface area contributed by atoms with Gasteiger partial charge in [0, 0.05) is 25.0 Å². The maximum absolute atomic E-state index is 12.1. The van der Waals surface area contributed by atoms with Gasteiger partial charge in [-0.2, -0.15) is 0 Å². The van der Waals surface area contributed by atoms with Crippen molar-refractivity contribution in [1.29, 1.82) is 0 Å². The molecule has 1 aromatic heterocycles. The average molecular weight is 528 g/mol. The van der Waals surface area contributed by atoms with Gasteiger partial charge in [0.25, 0.3) is 0 Å². The van der Waals surface area contributed by atoms with Gasteiger partial charge in [-0.1, -0.05) is 0 Å². The van der Waals surface area contributed by atoms with Crippen LogP contribution < -0.4 is 14.8 Å². The maximum atomic E-state index is 12.1. The Morgan fingerprint density at radius 2 is 2.03 bits per heavy atom. The molecule has 0 aliphatic carbocycles. The Hall–Kier alpha value is -2.45. The van der Waals surface area contributed by atoms with Crippen LogP contribution in [-0.4, -0.2) is 102 Å². The van der Waals surface area contributed by atoms with Gasteiger partial charge < -0.3 is 54.2 Å². The normalized spacial score (nSPS) is 25.8. The van der Waals surface area contributed by atoms with E-state index in [-0.39, 0.29) is 57.0 Å². The molecule has 5 atom stereocenters. The third kappa shape index (κ3) is 6.52. The second-order valence-electron chi connectivity index (χ2n) is 8.85. The largest absolute Gasteiger partial charge is 0.485 e. The molecule has 1 fully saturated rings. The number of carbonyl (C=O) groups excluding carboxylic acids is 1. The van der Waals surface area contributed by atoms with Crippen molar-refractivity contribution in [2.75, 3.05) is 40.0 Å². The minimum absolute atomic E-state index is 0.0322. The van der Waals surface area contributed by atoms with E-state index < -0.39 is 42.8 Å². The van der Waals surface area contributed by atoms with Crippen LogP contribution in [0, 0.1) is 0 Å². The van der Waals surface area contributed by atoms with E-state index in [1.807, 2.05) is 0 Å². The Kier molecular flexibility index (Phi) is 10.5. The molecule has 2 aromatic rings. The highest BCUT2D eigenvalue weighted by Gasteiger charge is 2.56. The van der Waals surface area contributed by atoms with E-state index >= 15 is 0 Å². The number of likely N-dealkylation sites (N-methyl/N-ethyl adjacent to an activating group) is 1. The fourth-order valence-electron chi connectivity index (χ4n) is 4.30. The van der Waals surface area contributed by atoms with Gasteiger partial charge in [-0.15, -0.1) is 0 Å². The lowest BCUT2D eigenvalue weighted by atomic mass is 9.83. The molecule has 0 spiro atoms. The number of ether oxygens (including phenoxy) is 4. The summed E-state index contributed by atoms with van der Waals surface area (Å²) in [7, 11) is 1.76. The molecule has 37 heavy (non-hydrogen) atoms. The molecule has 208 valence electrons. The van der Waals surface area contributed by atoms with Gasteiger partial charge in [-0.05, 0) is 50.9 Å². The minimum atomic E-state index is -2.15. The predicted molar refractivity (Wildman–Crippen MR) is 130 cm³/mol. The van der Waals surface area contributed by atoms with Gasteiger partial charge in [0.1, 0.15) is 24.9 Å². The molecule has 12 nitrogen and oxygen atoms in total. The van der Waals surface area contributed by atoms with E-state index in [4.69, 9.17) is 23.4 Å². The number of hydrogen-bond acceptors (Lipinski definition) is 12. The molecule has 0 saturated carbocycles. The number of carbonyl (C=O) groups is 1. The molecule has 1 aliphatic rings. The van der Waals surface area contributed by atoms with Crippen molar-refractivity contribution in [1.82, 2.24) is 5.32 Å². The van der Waals surface area contributed by atoms with Gasteiger partial charge in [-0.3, -0.25) is 4.79 Å². The molecular formula is C25H37NO11. The molecule has 3 rings (SSSR count). The molecule has 1 saturated heterocycles. The summed E-state index contributed by atoms with van der Waals surface area (Å²) in [6, 6.07) is 3.48. The number of nitrogens with one attached hydrogen (secondary N) is 1. The van der Waals surface area contributed by atoms with Crippen LogP contribution in [0.3, 0.4) is 0 Å². The lowest BCUT2D eigenvalue weighted by Gasteiger charge is -2.47. The number of furan rings is 1. The second kappa shape index (κ2) is 13.4. The summed E-state index contributed by atoms with van der Waals surface area (Å²) >= 11 is 0. The predicted octanol–water partition coefficient (Wildman–Crippen LogP) is -0.152. The first-order valence-electron chi connectivity index (χ1n) is 12.4. The first kappa shape index (κ1) is 29.1. The standard InChI is InChI=1S/C25H37NO11/c1-3-33-18(29)6-5-15-13-16-7-11-34-20(16)22(35-12-9-26-2)21(15)37-24-25(32,8-4-10-27)23(31)19(30)17(14-28)36-24/h7,11,13,17,19,23-24,26-28,30-32H,3-6,8-10,12,14H2,1-2H3. The highest BCUT2D eigenvalue weighted by molar-refractivity contribution is 5.87. The van der Waals surface area contributed by atoms with Crippen LogP contribution in [0.2, 0.25) is 0 Å². The molecular weight excluding hydrogens is 490 g/mol. The monoisotopic (exact) mass is 527 g/mol. The van der Waals surface area contributed by atoms with Crippen LogP contribution in [-0.2, 0) is 20.7 Å². The van der Waals surface area contributed by atoms with Crippen LogP contribution in [0.4, 0.5) is 0 Å². The fraction of sp³-hybridized carbons (Fsp3) is 0.640. The molecule has 1 aromatic carbocycles. The van der Waals surface area contributed by atoms with Crippen molar-refractivity contribution in [2.45, 2.75) is 62.8 Å². The van der Waals surface area contributed by atoms with Crippen LogP contribution in [0.5, 0.6) is 11.5 Å². The Balaban J connectivity index is 2.07. The Morgan fingerprint density at radius 3 is 2.70 bits per heavy atom. The third-order valence-corrected chi connectivity index (χ3v) is 6.30. The maximum Gasteiger partial charge on any atom is 0.306 e. The van der Waals surface area contributed by atoms with E-state index in [0.29, 0.717) is 23.1 Å². The van der Waals surface area contributed by atoms with Crippen LogP contribution >= 0.6 is 0 Å². The topological polar surface area (TPSA) is 180 Å². The summed E-state index contributed by atoms with van der Waals surface area (Å²) in [5.74, 6) is -0.105. The summed E-state index contributed by atoms with van der Waals surface area (Å²) in [5, 5.41) is 55.3. The third-order valence-electron chi connectivity index (χ3n) is 6.30. The summed E-state index contributed by atoms with van der Waals surface area (Å²) in [6.07, 6.45) is -4.58. The average Bonchev–Trinajstić information content (AvgIpc) is 3.36. The first-order valence-corrected chi connectivity index (χ1v) is 12.4. The number of esters is 1. The molecule has 12 heteroatoms. The Morgan fingerprint density at radius 1 is 1.24 bits per heavy atom. The minimum Gasteiger partial charge on any atom is -0.485 e. The zero-order chi connectivity index (χ0) is 27.0. The lowest BCUT2D eigenvalue weighted by molar-refractivity contribution is -0.322. The molecule has 0 bridgehead atoms. The van der Waals surface area contributed by atoms with Gasteiger partial charge in [0.05, 0.1) is 19.5 Å². The SMILES string of the molecule is CCOC(=O)CCc1cc2ccoc2c(OCCNC)c1OC1OC(CO)C(O)C(O)C1(O)CCCO. The molecule has 0 amide bonds. The summed E-state index contributed by atoms with van der Waals surface area (Å²) in [6.45, 7) is 1.73. The quantitative estimate of drug-likeness (QED) is 0.141. The first-order chi connectivity index (χ1) is 17.8. The second-order valence-corrected chi connectivity index (χ2v) is 8.85. The van der Waals surface area contributed by atoms with E-state index in [0.717, 1.165) is 0 Å². The van der Waals surface area contributed by atoms with E-state index in [2.05, 4.69) is 5.32 Å². The zero-order valence-electron chi connectivity index (χ0n) is 21.1. The Bertz CT molecular complexity index is 1010. The van der Waals surface area contributed by atoms with E-state index in [1.165, 1.54) is 6.26 Å². The van der Waals surface area contributed by atoms with Gasteiger partial charge in [0.15, 0.2) is 16.9 Å². The highest BCUT2D eigenvalue weighted by Crippen LogP contribution is 2.44. The molecule has 0 radical (unpaired) electrons. The van der Waals surface area contributed by atoms with Crippen LogP contribution in [0.1, 0.15) is 31.7 Å². The summed E-state index contributed by atoms with van der Waals surface area (Å²) in [4.78, 5) is 12.1. The number of fused-ring (bicyclic) bond motifs is 1. The summed E-state index contributed by atoms with van der Waals surface area (Å²) in [5.41, 5.74) is -1.26. The van der Waals surface area contributed by atoms with Crippen molar-refractivity contribution in [3.05, 3.63) is 24.0 Å². The van der Waals surface area contributed by atoms with Gasteiger partial charge in [-0.25, -0.2) is 0 Å². The number of aryl methyl sites for hydroxylation is 1. The van der Waals surface area contributed by atoms with Gasteiger partial charge in [0.2, 0.25) is 12.0 Å². The molecule has 5 unspecified atom stereocenters. The molecule has 2 heterocycles. The lowest BCUT2D eigenvalue weighted by Crippen LogP contribution is -2.68. The number of rotatable bonds is 14. The van der Waals surface area contributed by atoms with Crippen molar-refractivity contribution >= 4 is 16.9 Å². The molecule has 6 N–H and O–H groups in total.